The van der Waals surface area contributed by atoms with Crippen LogP contribution in [-0.4, -0.2) is 43.3 Å². The summed E-state index contributed by atoms with van der Waals surface area (Å²) in [5.41, 5.74) is 2.83. The van der Waals surface area contributed by atoms with Gasteiger partial charge in [-0.2, -0.15) is 0 Å². The van der Waals surface area contributed by atoms with Crippen molar-refractivity contribution in [3.63, 3.8) is 0 Å². The van der Waals surface area contributed by atoms with Crippen LogP contribution in [-0.2, 0) is 15.9 Å². The molecule has 0 radical (unpaired) electrons. The number of nitrogens with one attached hydrogen (secondary N) is 1. The Morgan fingerprint density at radius 2 is 1.93 bits per heavy atom. The molecule has 0 aliphatic carbocycles. The third-order valence-corrected chi connectivity index (χ3v) is 5.13. The van der Waals surface area contributed by atoms with Crippen LogP contribution in [0.1, 0.15) is 48.1 Å². The number of nitrogens with zero attached hydrogens (tertiary/aromatic N) is 2. The lowest BCUT2D eigenvalue weighted by Gasteiger charge is -2.29. The Kier molecular flexibility index (Phi) is 7.29. The van der Waals surface area contributed by atoms with Gasteiger partial charge in [0.15, 0.2) is 0 Å². The van der Waals surface area contributed by atoms with E-state index in [9.17, 15) is 9.59 Å². The number of rotatable bonds is 6. The minimum Gasteiger partial charge on any atom is -0.444 e. The van der Waals surface area contributed by atoms with E-state index in [0.29, 0.717) is 23.7 Å². The van der Waals surface area contributed by atoms with Gasteiger partial charge in [0.1, 0.15) is 6.10 Å². The monoisotopic (exact) mass is 431 g/mol. The molecule has 0 saturated carbocycles. The summed E-state index contributed by atoms with van der Waals surface area (Å²) in [6.45, 7) is 4.59. The molecule has 1 aliphatic heterocycles. The number of anilines is 1. The van der Waals surface area contributed by atoms with Crippen LogP contribution in [0.25, 0.3) is 0 Å². The molecule has 0 bridgehead atoms. The highest BCUT2D eigenvalue weighted by Crippen LogP contribution is 2.28. The van der Waals surface area contributed by atoms with Gasteiger partial charge in [0.05, 0.1) is 29.7 Å². The molecule has 2 heterocycles. The Labute approximate surface area is 181 Å². The van der Waals surface area contributed by atoms with E-state index in [4.69, 9.17) is 26.1 Å². The van der Waals surface area contributed by atoms with E-state index in [1.165, 1.54) is 0 Å². The van der Waals surface area contributed by atoms with Crippen LogP contribution in [0.4, 0.5) is 10.5 Å². The van der Waals surface area contributed by atoms with Crippen molar-refractivity contribution in [2.24, 2.45) is 0 Å². The van der Waals surface area contributed by atoms with Gasteiger partial charge in [-0.3, -0.25) is 14.7 Å². The van der Waals surface area contributed by atoms with E-state index in [2.05, 4.69) is 5.32 Å². The van der Waals surface area contributed by atoms with E-state index < -0.39 is 6.09 Å². The number of aromatic nitrogens is 1. The second-order valence-corrected chi connectivity index (χ2v) is 7.75. The molecule has 1 aliphatic rings. The number of amides is 2. The van der Waals surface area contributed by atoms with Gasteiger partial charge < -0.3 is 14.8 Å². The SMILES string of the molecule is COC[C@H](C)OC(=O)N1CCCc2nc(C(C)NC(=O)c3ccc(Cl)cc3)ccc21. The van der Waals surface area contributed by atoms with Crippen LogP contribution < -0.4 is 10.2 Å². The van der Waals surface area contributed by atoms with E-state index in [-0.39, 0.29) is 18.1 Å². The zero-order valence-electron chi connectivity index (χ0n) is 17.4. The average Bonchev–Trinajstić information content (AvgIpc) is 2.73. The molecule has 0 fully saturated rings. The maximum absolute atomic E-state index is 12.5. The van der Waals surface area contributed by atoms with Gasteiger partial charge in [0, 0.05) is 24.2 Å². The largest absolute Gasteiger partial charge is 0.444 e. The highest BCUT2D eigenvalue weighted by atomic mass is 35.5. The van der Waals surface area contributed by atoms with E-state index in [1.54, 1.807) is 43.2 Å². The number of ether oxygens (including phenoxy) is 2. The predicted octanol–water partition coefficient (Wildman–Crippen LogP) is 4.15. The lowest BCUT2D eigenvalue weighted by Crippen LogP contribution is -2.38. The van der Waals surface area contributed by atoms with Crippen LogP contribution in [0.15, 0.2) is 36.4 Å². The molecule has 2 aromatic rings. The molecule has 30 heavy (non-hydrogen) atoms. The fourth-order valence-corrected chi connectivity index (χ4v) is 3.48. The number of halogens is 1. The number of hydrogen-bond acceptors (Lipinski definition) is 5. The van der Waals surface area contributed by atoms with Crippen molar-refractivity contribution < 1.29 is 19.1 Å². The number of hydrogen-bond donors (Lipinski definition) is 1. The van der Waals surface area contributed by atoms with Crippen LogP contribution in [0.5, 0.6) is 0 Å². The normalized spacial score (nSPS) is 15.1. The fraction of sp³-hybridized carbons (Fsp3) is 0.409. The average molecular weight is 432 g/mol. The quantitative estimate of drug-likeness (QED) is 0.743. The smallest absolute Gasteiger partial charge is 0.414 e. The number of fused-ring (bicyclic) bond motifs is 1. The molecule has 0 saturated heterocycles. The molecule has 1 aromatic heterocycles. The Balaban J connectivity index is 1.71. The summed E-state index contributed by atoms with van der Waals surface area (Å²) in [6.07, 6.45) is 0.823. The molecule has 160 valence electrons. The van der Waals surface area contributed by atoms with Crippen LogP contribution in [0, 0.1) is 0 Å². The lowest BCUT2D eigenvalue weighted by atomic mass is 10.1. The second kappa shape index (κ2) is 9.91. The van der Waals surface area contributed by atoms with Gasteiger partial charge in [-0.05, 0) is 63.1 Å². The van der Waals surface area contributed by atoms with E-state index >= 15 is 0 Å². The number of aryl methyl sites for hydroxylation is 1. The van der Waals surface area contributed by atoms with Crippen LogP contribution >= 0.6 is 11.6 Å². The van der Waals surface area contributed by atoms with Crippen molar-refractivity contribution in [3.8, 4) is 0 Å². The molecule has 2 atom stereocenters. The number of pyridine rings is 1. The third kappa shape index (κ3) is 5.29. The molecule has 1 unspecified atom stereocenters. The van der Waals surface area contributed by atoms with Crippen LogP contribution in [0.3, 0.4) is 0 Å². The number of carbonyl (C=O) groups excluding carboxylic acids is 2. The number of methoxy groups -OCH3 is 1. The molecule has 8 heteroatoms. The number of benzene rings is 1. The predicted molar refractivity (Wildman–Crippen MR) is 115 cm³/mol. The van der Waals surface area contributed by atoms with Crippen LogP contribution in [0.2, 0.25) is 5.02 Å². The van der Waals surface area contributed by atoms with Gasteiger partial charge in [-0.1, -0.05) is 11.6 Å². The van der Waals surface area contributed by atoms with Crippen molar-refractivity contribution in [1.82, 2.24) is 10.3 Å². The second-order valence-electron chi connectivity index (χ2n) is 7.31. The molecule has 3 rings (SSSR count). The summed E-state index contributed by atoms with van der Waals surface area (Å²) in [5.74, 6) is -0.198. The summed E-state index contributed by atoms with van der Waals surface area (Å²) < 4.78 is 10.5. The Morgan fingerprint density at radius 1 is 1.20 bits per heavy atom. The Bertz CT molecular complexity index is 904. The molecule has 2 amide bonds. The zero-order valence-corrected chi connectivity index (χ0v) is 18.1. The molecule has 1 aromatic carbocycles. The van der Waals surface area contributed by atoms with Crippen molar-refractivity contribution in [2.45, 2.75) is 38.8 Å². The van der Waals surface area contributed by atoms with Gasteiger partial charge >= 0.3 is 6.09 Å². The first-order chi connectivity index (χ1) is 14.4. The first kappa shape index (κ1) is 22.1. The summed E-state index contributed by atoms with van der Waals surface area (Å²) in [5, 5.41) is 3.53. The van der Waals surface area contributed by atoms with Crippen molar-refractivity contribution in [3.05, 3.63) is 58.4 Å². The van der Waals surface area contributed by atoms with Gasteiger partial charge in [0.2, 0.25) is 0 Å². The molecule has 7 nitrogen and oxygen atoms in total. The van der Waals surface area contributed by atoms with E-state index in [1.807, 2.05) is 19.1 Å². The zero-order chi connectivity index (χ0) is 21.7. The third-order valence-electron chi connectivity index (χ3n) is 4.88. The fourth-order valence-electron chi connectivity index (χ4n) is 3.36. The summed E-state index contributed by atoms with van der Waals surface area (Å²) in [4.78, 5) is 31.3. The first-order valence-electron chi connectivity index (χ1n) is 9.92. The van der Waals surface area contributed by atoms with Gasteiger partial charge in [-0.15, -0.1) is 0 Å². The highest BCUT2D eigenvalue weighted by molar-refractivity contribution is 6.30. The molecular weight excluding hydrogens is 406 g/mol. The van der Waals surface area contributed by atoms with E-state index in [0.717, 1.165) is 29.9 Å². The lowest BCUT2D eigenvalue weighted by molar-refractivity contribution is 0.0525. The topological polar surface area (TPSA) is 80.8 Å². The molecule has 0 spiro atoms. The van der Waals surface area contributed by atoms with Gasteiger partial charge in [0.25, 0.3) is 5.91 Å². The minimum atomic E-state index is -0.404. The minimum absolute atomic E-state index is 0.198. The maximum atomic E-state index is 12.5. The van der Waals surface area contributed by atoms with Crippen molar-refractivity contribution in [1.29, 1.82) is 0 Å². The molecule has 1 N–H and O–H groups in total. The van der Waals surface area contributed by atoms with Gasteiger partial charge in [-0.25, -0.2) is 4.79 Å². The summed E-state index contributed by atoms with van der Waals surface area (Å²) >= 11 is 5.88. The highest BCUT2D eigenvalue weighted by Gasteiger charge is 2.27. The summed E-state index contributed by atoms with van der Waals surface area (Å²) in [6, 6.07) is 10.1. The first-order valence-corrected chi connectivity index (χ1v) is 10.3. The maximum Gasteiger partial charge on any atom is 0.414 e. The molecular formula is C22H26ClN3O4. The standard InChI is InChI=1S/C22H26ClN3O4/c1-14(13-29-3)30-22(28)26-12-4-5-19-20(26)11-10-18(25-19)15(2)24-21(27)16-6-8-17(23)9-7-16/h6-11,14-15H,4-5,12-13H2,1-3H3,(H,24,27)/t14-,15?/m0/s1. The Hall–Kier alpha value is -2.64. The van der Waals surface area contributed by atoms with Crippen molar-refractivity contribution >= 4 is 29.3 Å². The number of carbonyl (C=O) groups is 2. The van der Waals surface area contributed by atoms with Crippen molar-refractivity contribution in [2.75, 3.05) is 25.2 Å². The summed E-state index contributed by atoms with van der Waals surface area (Å²) in [7, 11) is 1.57. The Morgan fingerprint density at radius 3 is 2.63 bits per heavy atom.